The number of benzene rings is 2. The van der Waals surface area contributed by atoms with Crippen LogP contribution in [0.3, 0.4) is 0 Å². The highest BCUT2D eigenvalue weighted by Crippen LogP contribution is 2.32. The summed E-state index contributed by atoms with van der Waals surface area (Å²) in [6, 6.07) is 13.6. The molecule has 1 aliphatic rings. The van der Waals surface area contributed by atoms with Crippen molar-refractivity contribution < 1.29 is 4.74 Å². The summed E-state index contributed by atoms with van der Waals surface area (Å²) in [5.74, 6) is 1.05. The van der Waals surface area contributed by atoms with Gasteiger partial charge in [-0.2, -0.15) is 0 Å². The summed E-state index contributed by atoms with van der Waals surface area (Å²) in [5, 5.41) is 3.63. The number of nitrogens with one attached hydrogen (secondary N) is 1. The first kappa shape index (κ1) is 14.2. The van der Waals surface area contributed by atoms with Crippen LogP contribution in [0.15, 0.2) is 36.4 Å². The molecule has 1 atom stereocenters. The van der Waals surface area contributed by atoms with Crippen LogP contribution in [-0.2, 0) is 6.42 Å². The summed E-state index contributed by atoms with van der Waals surface area (Å²) >= 11 is 0. The first-order valence-corrected chi connectivity index (χ1v) is 7.75. The molecule has 21 heavy (non-hydrogen) atoms. The van der Waals surface area contributed by atoms with Crippen molar-refractivity contribution in [1.82, 2.24) is 5.32 Å². The van der Waals surface area contributed by atoms with Crippen LogP contribution in [0.2, 0.25) is 0 Å². The van der Waals surface area contributed by atoms with Gasteiger partial charge in [0.05, 0.1) is 12.6 Å². The SMILES string of the molecule is CCNC(c1ccc2c(c1)CCO2)c1cc(C)ccc1C. The van der Waals surface area contributed by atoms with Gasteiger partial charge in [0.15, 0.2) is 0 Å². The summed E-state index contributed by atoms with van der Waals surface area (Å²) in [5.41, 5.74) is 6.68. The third kappa shape index (κ3) is 2.81. The maximum atomic E-state index is 5.62. The Labute approximate surface area is 127 Å². The Balaban J connectivity index is 2.03. The van der Waals surface area contributed by atoms with E-state index in [0.29, 0.717) is 0 Å². The number of fused-ring (bicyclic) bond motifs is 1. The fourth-order valence-corrected chi connectivity index (χ4v) is 3.07. The van der Waals surface area contributed by atoms with Crippen LogP contribution in [0.5, 0.6) is 5.75 Å². The Kier molecular flexibility index (Phi) is 3.98. The minimum atomic E-state index is 0.251. The highest BCUT2D eigenvalue weighted by Gasteiger charge is 2.19. The normalized spacial score (nSPS) is 14.6. The zero-order valence-corrected chi connectivity index (χ0v) is 13.1. The van der Waals surface area contributed by atoms with Gasteiger partial charge in [0, 0.05) is 6.42 Å². The lowest BCUT2D eigenvalue weighted by atomic mass is 9.92. The molecule has 3 rings (SSSR count). The zero-order valence-electron chi connectivity index (χ0n) is 13.1. The summed E-state index contributed by atoms with van der Waals surface area (Å²) in [7, 11) is 0. The van der Waals surface area contributed by atoms with Crippen LogP contribution in [0.1, 0.15) is 40.8 Å². The molecule has 1 heterocycles. The average Bonchev–Trinajstić information content (AvgIpc) is 2.95. The molecule has 0 aliphatic carbocycles. The molecule has 0 radical (unpaired) electrons. The Morgan fingerprint density at radius 2 is 2.00 bits per heavy atom. The lowest BCUT2D eigenvalue weighted by Gasteiger charge is -2.22. The summed E-state index contributed by atoms with van der Waals surface area (Å²) in [4.78, 5) is 0. The molecule has 2 aromatic rings. The molecule has 0 spiro atoms. The number of hydrogen-bond acceptors (Lipinski definition) is 2. The fourth-order valence-electron chi connectivity index (χ4n) is 3.07. The minimum absolute atomic E-state index is 0.251. The molecule has 0 fully saturated rings. The van der Waals surface area contributed by atoms with Gasteiger partial charge in [-0.1, -0.05) is 42.8 Å². The van der Waals surface area contributed by atoms with E-state index < -0.39 is 0 Å². The van der Waals surface area contributed by atoms with Gasteiger partial charge >= 0.3 is 0 Å². The number of hydrogen-bond donors (Lipinski definition) is 1. The smallest absolute Gasteiger partial charge is 0.122 e. The van der Waals surface area contributed by atoms with E-state index in [0.717, 1.165) is 25.3 Å². The number of rotatable bonds is 4. The molecule has 0 saturated carbocycles. The van der Waals surface area contributed by atoms with Crippen molar-refractivity contribution in [1.29, 1.82) is 0 Å². The van der Waals surface area contributed by atoms with E-state index in [1.54, 1.807) is 0 Å². The Morgan fingerprint density at radius 3 is 2.81 bits per heavy atom. The van der Waals surface area contributed by atoms with Gasteiger partial charge in [-0.3, -0.25) is 0 Å². The van der Waals surface area contributed by atoms with Gasteiger partial charge < -0.3 is 10.1 Å². The number of ether oxygens (including phenoxy) is 1. The van der Waals surface area contributed by atoms with Gasteiger partial charge in [-0.05, 0) is 48.7 Å². The van der Waals surface area contributed by atoms with Crippen molar-refractivity contribution in [3.63, 3.8) is 0 Å². The van der Waals surface area contributed by atoms with E-state index in [2.05, 4.69) is 62.5 Å². The Hall–Kier alpha value is -1.80. The first-order chi connectivity index (χ1) is 10.2. The minimum Gasteiger partial charge on any atom is -0.493 e. The van der Waals surface area contributed by atoms with E-state index >= 15 is 0 Å². The van der Waals surface area contributed by atoms with Gasteiger partial charge in [-0.25, -0.2) is 0 Å². The molecule has 2 heteroatoms. The summed E-state index contributed by atoms with van der Waals surface area (Å²) in [6.07, 6.45) is 1.02. The summed E-state index contributed by atoms with van der Waals surface area (Å²) in [6.45, 7) is 8.27. The second kappa shape index (κ2) is 5.90. The molecule has 2 nitrogen and oxygen atoms in total. The predicted molar refractivity (Wildman–Crippen MR) is 87.1 cm³/mol. The largest absolute Gasteiger partial charge is 0.493 e. The predicted octanol–water partition coefficient (Wildman–Crippen LogP) is 3.94. The van der Waals surface area contributed by atoms with E-state index in [1.807, 2.05) is 0 Å². The van der Waals surface area contributed by atoms with Crippen molar-refractivity contribution in [3.05, 3.63) is 64.2 Å². The van der Waals surface area contributed by atoms with Gasteiger partial charge in [0.2, 0.25) is 0 Å². The van der Waals surface area contributed by atoms with Gasteiger partial charge in [0.25, 0.3) is 0 Å². The van der Waals surface area contributed by atoms with Crippen molar-refractivity contribution >= 4 is 0 Å². The van der Waals surface area contributed by atoms with Crippen LogP contribution in [0.25, 0.3) is 0 Å². The molecule has 1 aliphatic heterocycles. The first-order valence-electron chi connectivity index (χ1n) is 7.75. The maximum absolute atomic E-state index is 5.62. The quantitative estimate of drug-likeness (QED) is 0.916. The molecule has 0 aromatic heterocycles. The third-order valence-corrected chi connectivity index (χ3v) is 4.20. The zero-order chi connectivity index (χ0) is 14.8. The third-order valence-electron chi connectivity index (χ3n) is 4.20. The van der Waals surface area contributed by atoms with Crippen molar-refractivity contribution in [3.8, 4) is 5.75 Å². The van der Waals surface area contributed by atoms with E-state index in [-0.39, 0.29) is 6.04 Å². The van der Waals surface area contributed by atoms with Crippen LogP contribution >= 0.6 is 0 Å². The average molecular weight is 281 g/mol. The van der Waals surface area contributed by atoms with E-state index in [1.165, 1.54) is 27.8 Å². The molecule has 2 aromatic carbocycles. The highest BCUT2D eigenvalue weighted by molar-refractivity contribution is 5.45. The molecule has 0 amide bonds. The summed E-state index contributed by atoms with van der Waals surface area (Å²) < 4.78 is 5.62. The van der Waals surface area contributed by atoms with Gasteiger partial charge in [-0.15, -0.1) is 0 Å². The molecule has 0 saturated heterocycles. The monoisotopic (exact) mass is 281 g/mol. The second-order valence-corrected chi connectivity index (χ2v) is 5.82. The lowest BCUT2D eigenvalue weighted by molar-refractivity contribution is 0.357. The molecule has 110 valence electrons. The highest BCUT2D eigenvalue weighted by atomic mass is 16.5. The van der Waals surface area contributed by atoms with E-state index in [4.69, 9.17) is 4.74 Å². The lowest BCUT2D eigenvalue weighted by Crippen LogP contribution is -2.23. The molecule has 0 bridgehead atoms. The molecular formula is C19H23NO. The molecule has 1 unspecified atom stereocenters. The van der Waals surface area contributed by atoms with Crippen LogP contribution in [0.4, 0.5) is 0 Å². The van der Waals surface area contributed by atoms with Crippen molar-refractivity contribution in [2.45, 2.75) is 33.2 Å². The fraction of sp³-hybridized carbons (Fsp3) is 0.368. The standard InChI is InChI=1S/C19H23NO/c1-4-20-19(17-11-13(2)5-6-14(17)3)16-7-8-18-15(12-16)9-10-21-18/h5-8,11-12,19-20H,4,9-10H2,1-3H3. The van der Waals surface area contributed by atoms with Gasteiger partial charge in [0.1, 0.15) is 5.75 Å². The Morgan fingerprint density at radius 1 is 1.14 bits per heavy atom. The topological polar surface area (TPSA) is 21.3 Å². The molecule has 1 N–H and O–H groups in total. The van der Waals surface area contributed by atoms with Crippen LogP contribution in [0, 0.1) is 13.8 Å². The maximum Gasteiger partial charge on any atom is 0.122 e. The van der Waals surface area contributed by atoms with Crippen molar-refractivity contribution in [2.75, 3.05) is 13.2 Å². The van der Waals surface area contributed by atoms with Crippen LogP contribution in [-0.4, -0.2) is 13.2 Å². The molecular weight excluding hydrogens is 258 g/mol. The second-order valence-electron chi connectivity index (χ2n) is 5.82. The number of aryl methyl sites for hydroxylation is 2. The van der Waals surface area contributed by atoms with E-state index in [9.17, 15) is 0 Å². The van der Waals surface area contributed by atoms with Crippen LogP contribution < -0.4 is 10.1 Å². The Bertz CT molecular complexity index is 648. The van der Waals surface area contributed by atoms with Crippen molar-refractivity contribution in [2.24, 2.45) is 0 Å².